The summed E-state index contributed by atoms with van der Waals surface area (Å²) in [6.45, 7) is 1.34. The van der Waals surface area contributed by atoms with E-state index in [9.17, 15) is 4.79 Å². The smallest absolute Gasteiger partial charge is 0.270 e. The molecule has 0 saturated heterocycles. The van der Waals surface area contributed by atoms with Crippen LogP contribution in [0.15, 0.2) is 49.2 Å². The zero-order valence-corrected chi connectivity index (χ0v) is 14.1. The van der Waals surface area contributed by atoms with Crippen molar-refractivity contribution in [3.63, 3.8) is 0 Å². The molecule has 0 fully saturated rings. The molecule has 0 radical (unpaired) electrons. The van der Waals surface area contributed by atoms with Gasteiger partial charge >= 0.3 is 0 Å². The fourth-order valence-corrected chi connectivity index (χ4v) is 3.33. The topological polar surface area (TPSA) is 63.9 Å². The van der Waals surface area contributed by atoms with Crippen LogP contribution in [0.25, 0.3) is 11.3 Å². The first-order valence-corrected chi connectivity index (χ1v) is 8.38. The van der Waals surface area contributed by atoms with Gasteiger partial charge in [-0.1, -0.05) is 0 Å². The second-order valence-electron chi connectivity index (χ2n) is 6.18. The monoisotopic (exact) mass is 333 g/mol. The summed E-state index contributed by atoms with van der Waals surface area (Å²) < 4.78 is 1.86. The summed E-state index contributed by atoms with van der Waals surface area (Å²) in [7, 11) is 1.90. The number of fused-ring (bicyclic) bond motifs is 1. The van der Waals surface area contributed by atoms with Gasteiger partial charge in [0.1, 0.15) is 12.0 Å². The molecule has 6 nitrogen and oxygen atoms in total. The van der Waals surface area contributed by atoms with Crippen molar-refractivity contribution in [2.75, 3.05) is 13.1 Å². The maximum absolute atomic E-state index is 12.8. The van der Waals surface area contributed by atoms with Crippen molar-refractivity contribution in [1.29, 1.82) is 0 Å². The van der Waals surface area contributed by atoms with Gasteiger partial charge in [-0.25, -0.2) is 9.97 Å². The first kappa shape index (κ1) is 15.5. The molecule has 0 N–H and O–H groups in total. The van der Waals surface area contributed by atoms with Crippen molar-refractivity contribution in [3.05, 3.63) is 66.1 Å². The summed E-state index contributed by atoms with van der Waals surface area (Å²) in [5.41, 5.74) is 4.86. The summed E-state index contributed by atoms with van der Waals surface area (Å²) in [5.74, 6) is 0.0683. The first-order valence-electron chi connectivity index (χ1n) is 8.38. The third-order valence-electron chi connectivity index (χ3n) is 4.69. The number of carbonyl (C=O) groups is 1. The number of hydrogen-bond donors (Lipinski definition) is 0. The van der Waals surface area contributed by atoms with Crippen molar-refractivity contribution in [3.8, 4) is 11.3 Å². The van der Waals surface area contributed by atoms with Gasteiger partial charge in [-0.05, 0) is 30.7 Å². The number of aryl methyl sites for hydroxylation is 1. The van der Waals surface area contributed by atoms with E-state index < -0.39 is 0 Å². The Morgan fingerprint density at radius 1 is 1.08 bits per heavy atom. The predicted octanol–water partition coefficient (Wildman–Crippen LogP) is 2.12. The minimum Gasteiger partial charge on any atom is -0.347 e. The number of carbonyl (C=O) groups excluding carboxylic acids is 1. The van der Waals surface area contributed by atoms with Crippen LogP contribution >= 0.6 is 0 Å². The third kappa shape index (κ3) is 2.91. The molecule has 0 bridgehead atoms. The van der Waals surface area contributed by atoms with Crippen LogP contribution in [0.3, 0.4) is 0 Å². The Bertz CT molecular complexity index is 903. The van der Waals surface area contributed by atoms with Crippen LogP contribution in [0.4, 0.5) is 0 Å². The molecule has 0 spiro atoms. The summed E-state index contributed by atoms with van der Waals surface area (Å²) in [6, 6.07) is 7.68. The minimum atomic E-state index is 0.0683. The Hall–Kier alpha value is -3.02. The van der Waals surface area contributed by atoms with E-state index in [0.717, 1.165) is 35.4 Å². The fraction of sp³-hybridized carbons (Fsp3) is 0.263. The lowest BCUT2D eigenvalue weighted by molar-refractivity contribution is 0.0753. The quantitative estimate of drug-likeness (QED) is 0.720. The van der Waals surface area contributed by atoms with Gasteiger partial charge in [-0.2, -0.15) is 0 Å². The number of aromatic nitrogens is 4. The van der Waals surface area contributed by atoms with Gasteiger partial charge in [0.05, 0.1) is 5.69 Å². The average molecular weight is 333 g/mol. The highest BCUT2D eigenvalue weighted by molar-refractivity contribution is 5.92. The molecule has 25 heavy (non-hydrogen) atoms. The summed E-state index contributed by atoms with van der Waals surface area (Å²) in [4.78, 5) is 27.7. The van der Waals surface area contributed by atoms with E-state index in [1.54, 1.807) is 18.7 Å². The molecule has 4 rings (SSSR count). The molecule has 0 atom stereocenters. The molecule has 0 saturated carbocycles. The SMILES string of the molecule is Cn1cccc1C(=O)N1CCc2ncnc(-c3ccncc3)c2CC1. The molecule has 1 amide bonds. The van der Waals surface area contributed by atoms with E-state index in [-0.39, 0.29) is 5.91 Å². The van der Waals surface area contributed by atoms with Crippen molar-refractivity contribution >= 4 is 5.91 Å². The maximum Gasteiger partial charge on any atom is 0.270 e. The zero-order valence-electron chi connectivity index (χ0n) is 14.1. The van der Waals surface area contributed by atoms with Crippen molar-refractivity contribution in [2.24, 2.45) is 7.05 Å². The molecule has 1 aliphatic rings. The average Bonchev–Trinajstić information content (AvgIpc) is 2.96. The van der Waals surface area contributed by atoms with Crippen LogP contribution in [0.5, 0.6) is 0 Å². The lowest BCUT2D eigenvalue weighted by atomic mass is 10.0. The fourth-order valence-electron chi connectivity index (χ4n) is 3.33. The number of rotatable bonds is 2. The van der Waals surface area contributed by atoms with Crippen LogP contribution in [-0.2, 0) is 19.9 Å². The second-order valence-corrected chi connectivity index (χ2v) is 6.18. The third-order valence-corrected chi connectivity index (χ3v) is 4.69. The van der Waals surface area contributed by atoms with Gasteiger partial charge in [0.2, 0.25) is 0 Å². The van der Waals surface area contributed by atoms with E-state index in [1.165, 1.54) is 0 Å². The normalized spacial score (nSPS) is 14.0. The van der Waals surface area contributed by atoms with Crippen molar-refractivity contribution in [1.82, 2.24) is 24.4 Å². The highest BCUT2D eigenvalue weighted by Crippen LogP contribution is 2.25. The Kier molecular flexibility index (Phi) is 4.01. The number of hydrogen-bond acceptors (Lipinski definition) is 4. The summed E-state index contributed by atoms with van der Waals surface area (Å²) >= 11 is 0. The Morgan fingerprint density at radius 3 is 2.64 bits per heavy atom. The molecule has 3 aromatic rings. The summed E-state index contributed by atoms with van der Waals surface area (Å²) in [5, 5.41) is 0. The van der Waals surface area contributed by atoms with Crippen LogP contribution in [0, 0.1) is 0 Å². The van der Waals surface area contributed by atoms with Crippen LogP contribution in [0.2, 0.25) is 0 Å². The van der Waals surface area contributed by atoms with E-state index in [4.69, 9.17) is 0 Å². The summed E-state index contributed by atoms with van der Waals surface area (Å²) in [6.07, 6.45) is 8.55. The number of nitrogens with zero attached hydrogens (tertiary/aromatic N) is 5. The Balaban J connectivity index is 1.62. The number of amides is 1. The predicted molar refractivity (Wildman–Crippen MR) is 94.0 cm³/mol. The molecule has 3 aromatic heterocycles. The maximum atomic E-state index is 12.8. The van der Waals surface area contributed by atoms with Gasteiger partial charge in [0.25, 0.3) is 5.91 Å². The molecular weight excluding hydrogens is 314 g/mol. The standard InChI is InChI=1S/C19H19N5O/c1-23-10-2-3-17(23)19(25)24-11-6-15-16(7-12-24)21-13-22-18(15)14-4-8-20-9-5-14/h2-5,8-10,13H,6-7,11-12H2,1H3. The van der Waals surface area contributed by atoms with E-state index in [0.29, 0.717) is 18.8 Å². The van der Waals surface area contributed by atoms with Gasteiger partial charge < -0.3 is 9.47 Å². The lowest BCUT2D eigenvalue weighted by Gasteiger charge is -2.20. The minimum absolute atomic E-state index is 0.0683. The van der Waals surface area contributed by atoms with Gasteiger partial charge in [-0.15, -0.1) is 0 Å². The molecule has 1 aliphatic heterocycles. The second kappa shape index (κ2) is 6.47. The van der Waals surface area contributed by atoms with Crippen molar-refractivity contribution in [2.45, 2.75) is 12.8 Å². The van der Waals surface area contributed by atoms with E-state index in [1.807, 2.05) is 47.0 Å². The van der Waals surface area contributed by atoms with Crippen molar-refractivity contribution < 1.29 is 4.79 Å². The Labute approximate surface area is 146 Å². The van der Waals surface area contributed by atoms with E-state index >= 15 is 0 Å². The van der Waals surface area contributed by atoms with Gasteiger partial charge in [-0.3, -0.25) is 9.78 Å². The Morgan fingerprint density at radius 2 is 1.88 bits per heavy atom. The molecular formula is C19H19N5O. The molecule has 0 aliphatic carbocycles. The van der Waals surface area contributed by atoms with E-state index in [2.05, 4.69) is 15.0 Å². The largest absolute Gasteiger partial charge is 0.347 e. The lowest BCUT2D eigenvalue weighted by Crippen LogP contribution is -2.34. The molecule has 126 valence electrons. The van der Waals surface area contributed by atoms with Crippen LogP contribution in [-0.4, -0.2) is 43.4 Å². The van der Waals surface area contributed by atoms with Gasteiger partial charge in [0.15, 0.2) is 0 Å². The molecule has 0 unspecified atom stereocenters. The van der Waals surface area contributed by atoms with Gasteiger partial charge in [0, 0.05) is 62.0 Å². The number of pyridine rings is 1. The van der Waals surface area contributed by atoms with Crippen LogP contribution < -0.4 is 0 Å². The first-order chi connectivity index (χ1) is 12.2. The van der Waals surface area contributed by atoms with Crippen LogP contribution in [0.1, 0.15) is 21.7 Å². The molecule has 0 aromatic carbocycles. The highest BCUT2D eigenvalue weighted by Gasteiger charge is 2.23. The zero-order chi connectivity index (χ0) is 17.2. The highest BCUT2D eigenvalue weighted by atomic mass is 16.2. The molecule has 6 heteroatoms. The molecule has 4 heterocycles.